The first-order valence-corrected chi connectivity index (χ1v) is 9.95. The van der Waals surface area contributed by atoms with Crippen molar-refractivity contribution in [2.75, 3.05) is 5.32 Å². The molecular formula is C20H25N5O4. The summed E-state index contributed by atoms with van der Waals surface area (Å²) >= 11 is 0. The smallest absolute Gasteiger partial charge is 0.326 e. The Balaban J connectivity index is 1.44. The molecule has 1 saturated heterocycles. The minimum atomic E-state index is -0.839. The monoisotopic (exact) mass is 399 g/mol. The molecule has 2 fully saturated rings. The van der Waals surface area contributed by atoms with Gasteiger partial charge in [-0.3, -0.25) is 23.6 Å². The number of imidazole rings is 1. The lowest BCUT2D eigenvalue weighted by atomic mass is 9.94. The predicted octanol–water partition coefficient (Wildman–Crippen LogP) is 1.46. The number of nitrogens with one attached hydrogen (secondary N) is 2. The summed E-state index contributed by atoms with van der Waals surface area (Å²) < 4.78 is 3.04. The van der Waals surface area contributed by atoms with Gasteiger partial charge in [-0.05, 0) is 31.0 Å². The summed E-state index contributed by atoms with van der Waals surface area (Å²) in [6.07, 6.45) is 4.68. The summed E-state index contributed by atoms with van der Waals surface area (Å²) in [6.45, 7) is 0. The molecule has 1 aromatic carbocycles. The Morgan fingerprint density at radius 1 is 1.07 bits per heavy atom. The van der Waals surface area contributed by atoms with Crippen molar-refractivity contribution in [1.29, 1.82) is 0 Å². The van der Waals surface area contributed by atoms with E-state index in [9.17, 15) is 19.2 Å². The Morgan fingerprint density at radius 3 is 2.48 bits per heavy atom. The van der Waals surface area contributed by atoms with E-state index < -0.39 is 12.1 Å². The molecule has 1 aromatic heterocycles. The Morgan fingerprint density at radius 2 is 1.76 bits per heavy atom. The highest BCUT2D eigenvalue weighted by molar-refractivity contribution is 6.07. The average molecular weight is 399 g/mol. The van der Waals surface area contributed by atoms with Gasteiger partial charge in [0.2, 0.25) is 5.91 Å². The van der Waals surface area contributed by atoms with Gasteiger partial charge in [-0.15, -0.1) is 0 Å². The minimum absolute atomic E-state index is 0.0638. The van der Waals surface area contributed by atoms with E-state index in [2.05, 4.69) is 10.6 Å². The molecule has 2 heterocycles. The molecule has 4 amide bonds. The van der Waals surface area contributed by atoms with E-state index in [1.807, 2.05) is 0 Å². The van der Waals surface area contributed by atoms with E-state index >= 15 is 0 Å². The Labute approximate surface area is 167 Å². The molecule has 4 rings (SSSR count). The number of hydrogen-bond donors (Lipinski definition) is 2. The number of amides is 4. The number of hydrogen-bond acceptors (Lipinski definition) is 4. The molecular weight excluding hydrogens is 374 g/mol. The van der Waals surface area contributed by atoms with E-state index in [-0.39, 0.29) is 30.0 Å². The lowest BCUT2D eigenvalue weighted by molar-refractivity contribution is -0.131. The van der Waals surface area contributed by atoms with Gasteiger partial charge < -0.3 is 10.6 Å². The third-order valence-electron chi connectivity index (χ3n) is 5.94. The minimum Gasteiger partial charge on any atom is -0.326 e. The number of carbonyl (C=O) groups is 3. The van der Waals surface area contributed by atoms with E-state index in [1.165, 1.54) is 14.0 Å². The van der Waals surface area contributed by atoms with Crippen LogP contribution in [0.15, 0.2) is 23.0 Å². The molecule has 29 heavy (non-hydrogen) atoms. The summed E-state index contributed by atoms with van der Waals surface area (Å²) in [5, 5.41) is 5.41. The fourth-order valence-electron chi connectivity index (χ4n) is 4.35. The summed E-state index contributed by atoms with van der Waals surface area (Å²) in [7, 11) is 3.36. The van der Waals surface area contributed by atoms with E-state index in [0.717, 1.165) is 37.6 Å². The third kappa shape index (κ3) is 3.41. The van der Waals surface area contributed by atoms with Crippen LogP contribution in [0, 0.1) is 0 Å². The maximum absolute atomic E-state index is 12.7. The molecule has 1 aliphatic carbocycles. The SMILES string of the molecule is Cn1c(=O)n(C)c2cc(NC(=O)C[C@@H]3NC(=O)N(C4CCCCC4)C3=O)ccc21. The summed E-state index contributed by atoms with van der Waals surface area (Å²) in [4.78, 5) is 50.8. The number of urea groups is 1. The van der Waals surface area contributed by atoms with Gasteiger partial charge in [0.25, 0.3) is 5.91 Å². The molecule has 1 aliphatic heterocycles. The second-order valence-corrected chi connectivity index (χ2v) is 7.86. The van der Waals surface area contributed by atoms with Crippen molar-refractivity contribution in [3.63, 3.8) is 0 Å². The second kappa shape index (κ2) is 7.38. The lowest BCUT2D eigenvalue weighted by Gasteiger charge is -2.28. The van der Waals surface area contributed by atoms with Crippen molar-refractivity contribution in [2.45, 2.75) is 50.6 Å². The number of aromatic nitrogens is 2. The highest BCUT2D eigenvalue weighted by Gasteiger charge is 2.42. The molecule has 2 N–H and O–H groups in total. The van der Waals surface area contributed by atoms with Crippen LogP contribution >= 0.6 is 0 Å². The van der Waals surface area contributed by atoms with Crippen LogP contribution in [-0.2, 0) is 23.7 Å². The summed E-state index contributed by atoms with van der Waals surface area (Å²) in [5.41, 5.74) is 1.84. The van der Waals surface area contributed by atoms with E-state index in [1.54, 1.807) is 32.3 Å². The predicted molar refractivity (Wildman–Crippen MR) is 107 cm³/mol. The largest absolute Gasteiger partial charge is 0.328 e. The number of benzene rings is 1. The number of fused-ring (bicyclic) bond motifs is 1. The topological polar surface area (TPSA) is 105 Å². The fraction of sp³-hybridized carbons (Fsp3) is 0.500. The van der Waals surface area contributed by atoms with Crippen LogP contribution in [0.2, 0.25) is 0 Å². The van der Waals surface area contributed by atoms with Crippen molar-refractivity contribution in [1.82, 2.24) is 19.4 Å². The molecule has 2 aromatic rings. The van der Waals surface area contributed by atoms with Crippen molar-refractivity contribution in [2.24, 2.45) is 14.1 Å². The number of nitrogens with zero attached hydrogens (tertiary/aromatic N) is 3. The van der Waals surface area contributed by atoms with Gasteiger partial charge in [0.15, 0.2) is 0 Å². The first-order chi connectivity index (χ1) is 13.9. The molecule has 9 heteroatoms. The van der Waals surface area contributed by atoms with Crippen LogP contribution in [0.1, 0.15) is 38.5 Å². The highest BCUT2D eigenvalue weighted by Crippen LogP contribution is 2.26. The standard InChI is InChI=1S/C20H25N5O4/c1-23-15-9-8-12(10-16(15)24(2)20(23)29)21-17(26)11-14-18(27)25(19(28)22-14)13-6-4-3-5-7-13/h8-10,13-14H,3-7,11H2,1-2H3,(H,21,26)(H,22,28)/t14-/m0/s1. The maximum atomic E-state index is 12.7. The van der Waals surface area contributed by atoms with Crippen LogP contribution < -0.4 is 16.3 Å². The van der Waals surface area contributed by atoms with Crippen LogP contribution in [0.4, 0.5) is 10.5 Å². The molecule has 1 atom stereocenters. The molecule has 9 nitrogen and oxygen atoms in total. The van der Waals surface area contributed by atoms with Crippen LogP contribution in [0.3, 0.4) is 0 Å². The van der Waals surface area contributed by atoms with Gasteiger partial charge in [-0.1, -0.05) is 19.3 Å². The lowest BCUT2D eigenvalue weighted by Crippen LogP contribution is -2.42. The molecule has 0 spiro atoms. The number of aryl methyl sites for hydroxylation is 2. The van der Waals surface area contributed by atoms with Gasteiger partial charge in [0, 0.05) is 25.8 Å². The molecule has 0 radical (unpaired) electrons. The zero-order valence-electron chi connectivity index (χ0n) is 16.6. The third-order valence-corrected chi connectivity index (χ3v) is 5.94. The van der Waals surface area contributed by atoms with E-state index in [4.69, 9.17) is 0 Å². The zero-order chi connectivity index (χ0) is 20.7. The number of anilines is 1. The van der Waals surface area contributed by atoms with Crippen LogP contribution in [0.25, 0.3) is 11.0 Å². The average Bonchev–Trinajstić information content (AvgIpc) is 3.10. The zero-order valence-corrected chi connectivity index (χ0v) is 16.6. The first-order valence-electron chi connectivity index (χ1n) is 9.95. The highest BCUT2D eigenvalue weighted by atomic mass is 16.2. The quantitative estimate of drug-likeness (QED) is 0.759. The van der Waals surface area contributed by atoms with Gasteiger partial charge >= 0.3 is 11.7 Å². The molecule has 2 aliphatic rings. The molecule has 154 valence electrons. The van der Waals surface area contributed by atoms with Crippen molar-refractivity contribution in [3.8, 4) is 0 Å². The molecule has 1 saturated carbocycles. The Bertz CT molecular complexity index is 1050. The second-order valence-electron chi connectivity index (χ2n) is 7.86. The van der Waals surface area contributed by atoms with Gasteiger partial charge in [-0.2, -0.15) is 0 Å². The van der Waals surface area contributed by atoms with Crippen molar-refractivity contribution in [3.05, 3.63) is 28.7 Å². The number of rotatable bonds is 4. The Hall–Kier alpha value is -3.10. The van der Waals surface area contributed by atoms with Crippen molar-refractivity contribution >= 4 is 34.6 Å². The van der Waals surface area contributed by atoms with Gasteiger partial charge in [0.05, 0.1) is 17.5 Å². The number of carbonyl (C=O) groups excluding carboxylic acids is 3. The summed E-state index contributed by atoms with van der Waals surface area (Å²) in [5.74, 6) is -0.688. The molecule has 0 unspecified atom stereocenters. The van der Waals surface area contributed by atoms with Gasteiger partial charge in [0.1, 0.15) is 6.04 Å². The Kier molecular flexibility index (Phi) is 4.89. The summed E-state index contributed by atoms with van der Waals surface area (Å²) in [6, 6.07) is 3.89. The normalized spacial score (nSPS) is 20.3. The fourth-order valence-corrected chi connectivity index (χ4v) is 4.35. The molecule has 0 bridgehead atoms. The van der Waals surface area contributed by atoms with Crippen LogP contribution in [-0.4, -0.2) is 44.0 Å². The van der Waals surface area contributed by atoms with Crippen molar-refractivity contribution < 1.29 is 14.4 Å². The maximum Gasteiger partial charge on any atom is 0.328 e. The van der Waals surface area contributed by atoms with E-state index in [0.29, 0.717) is 11.2 Å². The first kappa shape index (κ1) is 19.2. The van der Waals surface area contributed by atoms with Gasteiger partial charge in [-0.25, -0.2) is 9.59 Å². The number of imide groups is 1. The van der Waals surface area contributed by atoms with Crippen LogP contribution in [0.5, 0.6) is 0 Å².